The molecule has 1 heterocycles. The lowest BCUT2D eigenvalue weighted by Gasteiger charge is -2.36. The predicted molar refractivity (Wildman–Crippen MR) is 94.4 cm³/mol. The third kappa shape index (κ3) is 4.52. The molecule has 1 saturated heterocycles. The monoisotopic (exact) mass is 351 g/mol. The number of benzene rings is 1. The fourth-order valence-electron chi connectivity index (χ4n) is 2.77. The summed E-state index contributed by atoms with van der Waals surface area (Å²) in [6.07, 6.45) is -0.286. The smallest absolute Gasteiger partial charge is 0.409 e. The average molecular weight is 351 g/mol. The minimum atomic E-state index is -0.446. The summed E-state index contributed by atoms with van der Waals surface area (Å²) >= 11 is 0. The van der Waals surface area contributed by atoms with Crippen molar-refractivity contribution >= 4 is 17.5 Å². The van der Waals surface area contributed by atoms with Crippen molar-refractivity contribution in [2.45, 2.75) is 20.8 Å². The molecule has 0 N–H and O–H groups in total. The third-order valence-corrected chi connectivity index (χ3v) is 4.11. The normalized spacial score (nSPS) is 14.6. The second kappa shape index (κ2) is 8.04. The maximum Gasteiger partial charge on any atom is 0.409 e. The number of piperazine rings is 1. The van der Waals surface area contributed by atoms with Gasteiger partial charge in [-0.25, -0.2) is 4.79 Å². The Hall–Kier alpha value is -2.51. The summed E-state index contributed by atoms with van der Waals surface area (Å²) in [6, 6.07) is 3.22. The molecule has 8 nitrogen and oxygen atoms in total. The molecule has 1 fully saturated rings. The van der Waals surface area contributed by atoms with Gasteiger partial charge in [-0.1, -0.05) is 13.8 Å². The number of anilines is 1. The molecule has 1 amide bonds. The number of amides is 1. The number of carbonyl (C=O) groups is 1. The van der Waals surface area contributed by atoms with E-state index in [4.69, 9.17) is 9.47 Å². The van der Waals surface area contributed by atoms with Gasteiger partial charge in [-0.15, -0.1) is 0 Å². The highest BCUT2D eigenvalue weighted by molar-refractivity contribution is 5.69. The van der Waals surface area contributed by atoms with Crippen LogP contribution in [0.4, 0.5) is 16.2 Å². The third-order valence-electron chi connectivity index (χ3n) is 4.11. The van der Waals surface area contributed by atoms with Crippen LogP contribution in [0, 0.1) is 23.0 Å². The van der Waals surface area contributed by atoms with Crippen LogP contribution in [0.1, 0.15) is 19.4 Å². The number of rotatable bonds is 5. The van der Waals surface area contributed by atoms with Gasteiger partial charge in [-0.05, 0) is 18.4 Å². The zero-order valence-electron chi connectivity index (χ0n) is 15.2. The zero-order valence-corrected chi connectivity index (χ0v) is 15.2. The summed E-state index contributed by atoms with van der Waals surface area (Å²) in [6.45, 7) is 8.62. The van der Waals surface area contributed by atoms with Crippen molar-refractivity contribution < 1.29 is 19.2 Å². The van der Waals surface area contributed by atoms with Gasteiger partial charge in [0.25, 0.3) is 0 Å². The van der Waals surface area contributed by atoms with Crippen LogP contribution in [0.15, 0.2) is 12.1 Å². The average Bonchev–Trinajstić information content (AvgIpc) is 2.59. The fourth-order valence-corrected chi connectivity index (χ4v) is 2.77. The zero-order chi connectivity index (χ0) is 18.6. The van der Waals surface area contributed by atoms with E-state index in [2.05, 4.69) is 4.90 Å². The number of carbonyl (C=O) groups excluding carboxylic acids is 1. The first-order valence-corrected chi connectivity index (χ1v) is 8.33. The van der Waals surface area contributed by atoms with Crippen LogP contribution in [-0.2, 0) is 4.74 Å². The molecular formula is C17H25N3O5. The first-order chi connectivity index (χ1) is 11.8. The Morgan fingerprint density at radius 1 is 1.28 bits per heavy atom. The van der Waals surface area contributed by atoms with Crippen molar-refractivity contribution in [3.05, 3.63) is 27.8 Å². The van der Waals surface area contributed by atoms with Crippen LogP contribution < -0.4 is 9.64 Å². The maximum atomic E-state index is 12.0. The molecule has 0 unspecified atom stereocenters. The van der Waals surface area contributed by atoms with Crippen molar-refractivity contribution in [1.29, 1.82) is 0 Å². The van der Waals surface area contributed by atoms with E-state index in [9.17, 15) is 14.9 Å². The van der Waals surface area contributed by atoms with Gasteiger partial charge in [0.2, 0.25) is 0 Å². The molecule has 1 aliphatic heterocycles. The van der Waals surface area contributed by atoms with Crippen LogP contribution >= 0.6 is 0 Å². The van der Waals surface area contributed by atoms with Gasteiger partial charge in [0.15, 0.2) is 5.75 Å². The van der Waals surface area contributed by atoms with E-state index >= 15 is 0 Å². The van der Waals surface area contributed by atoms with Crippen LogP contribution in [-0.4, -0.2) is 55.8 Å². The molecule has 0 bridgehead atoms. The Morgan fingerprint density at radius 2 is 1.92 bits per heavy atom. The summed E-state index contributed by atoms with van der Waals surface area (Å²) in [4.78, 5) is 26.5. The highest BCUT2D eigenvalue weighted by Crippen LogP contribution is 2.35. The van der Waals surface area contributed by atoms with Gasteiger partial charge >= 0.3 is 11.8 Å². The lowest BCUT2D eigenvalue weighted by Crippen LogP contribution is -2.49. The van der Waals surface area contributed by atoms with E-state index < -0.39 is 4.92 Å². The summed E-state index contributed by atoms with van der Waals surface area (Å²) in [5.41, 5.74) is 1.65. The first-order valence-electron chi connectivity index (χ1n) is 8.33. The molecule has 1 aromatic carbocycles. The van der Waals surface area contributed by atoms with Gasteiger partial charge < -0.3 is 19.3 Å². The quantitative estimate of drug-likeness (QED) is 0.599. The number of methoxy groups -OCH3 is 1. The number of hydrogen-bond acceptors (Lipinski definition) is 6. The molecule has 138 valence electrons. The van der Waals surface area contributed by atoms with Crippen molar-refractivity contribution in [2.75, 3.05) is 44.8 Å². The Morgan fingerprint density at radius 3 is 2.44 bits per heavy atom. The molecule has 0 aromatic heterocycles. The number of aryl methyl sites for hydroxylation is 1. The highest BCUT2D eigenvalue weighted by Gasteiger charge is 2.25. The maximum absolute atomic E-state index is 12.0. The van der Waals surface area contributed by atoms with Crippen molar-refractivity contribution in [3.8, 4) is 5.75 Å². The van der Waals surface area contributed by atoms with Crippen LogP contribution in [0.5, 0.6) is 5.75 Å². The number of nitrogens with zero attached hydrogens (tertiary/aromatic N) is 3. The summed E-state index contributed by atoms with van der Waals surface area (Å²) in [5.74, 6) is 0.546. The Kier molecular flexibility index (Phi) is 6.06. The molecule has 0 aliphatic carbocycles. The highest BCUT2D eigenvalue weighted by atomic mass is 16.6. The Bertz CT molecular complexity index is 639. The molecule has 1 aliphatic rings. The minimum Gasteiger partial charge on any atom is -0.490 e. The Balaban J connectivity index is 2.05. The number of nitro groups is 1. The minimum absolute atomic E-state index is 0.0420. The van der Waals surface area contributed by atoms with Crippen molar-refractivity contribution in [2.24, 2.45) is 5.92 Å². The molecule has 25 heavy (non-hydrogen) atoms. The molecule has 8 heteroatoms. The van der Waals surface area contributed by atoms with Gasteiger partial charge in [-0.3, -0.25) is 10.1 Å². The number of nitro benzene ring substituents is 1. The van der Waals surface area contributed by atoms with Gasteiger partial charge in [0.05, 0.1) is 18.6 Å². The fraction of sp³-hybridized carbons (Fsp3) is 0.588. The van der Waals surface area contributed by atoms with E-state index in [0.717, 1.165) is 11.3 Å². The molecule has 2 rings (SSSR count). The molecular weight excluding hydrogens is 326 g/mol. The summed E-state index contributed by atoms with van der Waals surface area (Å²) < 4.78 is 10.4. The van der Waals surface area contributed by atoms with Gasteiger partial charge in [0.1, 0.15) is 0 Å². The molecule has 1 aromatic rings. The van der Waals surface area contributed by atoms with Crippen molar-refractivity contribution in [3.63, 3.8) is 0 Å². The van der Waals surface area contributed by atoms with E-state index in [1.807, 2.05) is 20.8 Å². The van der Waals surface area contributed by atoms with Crippen molar-refractivity contribution in [1.82, 2.24) is 4.90 Å². The Labute approximate surface area is 147 Å². The van der Waals surface area contributed by atoms with Crippen LogP contribution in [0.3, 0.4) is 0 Å². The second-order valence-electron chi connectivity index (χ2n) is 6.51. The van der Waals surface area contributed by atoms with Gasteiger partial charge in [0, 0.05) is 44.0 Å². The molecule has 0 saturated carbocycles. The largest absolute Gasteiger partial charge is 0.490 e. The first kappa shape index (κ1) is 18.8. The van der Waals surface area contributed by atoms with Crippen LogP contribution in [0.25, 0.3) is 0 Å². The molecule has 0 atom stereocenters. The number of ether oxygens (including phenoxy) is 2. The van der Waals surface area contributed by atoms with E-state index in [0.29, 0.717) is 38.7 Å². The van der Waals surface area contributed by atoms with Crippen LogP contribution in [0.2, 0.25) is 0 Å². The molecule has 0 spiro atoms. The van der Waals surface area contributed by atoms with E-state index in [1.54, 1.807) is 11.0 Å². The lowest BCUT2D eigenvalue weighted by molar-refractivity contribution is -0.385. The second-order valence-corrected chi connectivity index (χ2v) is 6.51. The lowest BCUT2D eigenvalue weighted by atomic mass is 10.1. The summed E-state index contributed by atoms with van der Waals surface area (Å²) in [7, 11) is 1.42. The summed E-state index contributed by atoms with van der Waals surface area (Å²) in [5, 5.41) is 11.1. The SMILES string of the molecule is COc1cc(N2CCN(C(=O)OCC(C)C)CC2)c(C)cc1[N+](=O)[O-]. The predicted octanol–water partition coefficient (Wildman–Crippen LogP) is 2.83. The standard InChI is InChI=1S/C17H25N3O5/c1-12(2)11-25-17(21)19-7-5-18(6-8-19)14-10-16(24-4)15(20(22)23)9-13(14)3/h9-10,12H,5-8,11H2,1-4H3. The van der Waals surface area contributed by atoms with E-state index in [-0.39, 0.29) is 17.5 Å². The number of hydrogen-bond donors (Lipinski definition) is 0. The topological polar surface area (TPSA) is 85.2 Å². The van der Waals surface area contributed by atoms with E-state index in [1.165, 1.54) is 13.2 Å². The van der Waals surface area contributed by atoms with Gasteiger partial charge in [-0.2, -0.15) is 0 Å². The molecule has 0 radical (unpaired) electrons.